The van der Waals surface area contributed by atoms with Crippen LogP contribution >= 0.6 is 7.60 Å². The molecule has 3 N–H and O–H groups in total. The topological polar surface area (TPSA) is 140 Å². The van der Waals surface area contributed by atoms with Gasteiger partial charge < -0.3 is 25.0 Å². The molecule has 0 unspecified atom stereocenters. The van der Waals surface area contributed by atoms with Gasteiger partial charge in [-0.3, -0.25) is 9.36 Å². The lowest BCUT2D eigenvalue weighted by Gasteiger charge is -2.22. The van der Waals surface area contributed by atoms with Crippen molar-refractivity contribution >= 4 is 35.1 Å². The summed E-state index contributed by atoms with van der Waals surface area (Å²) in [5.74, 6) is -0.424. The van der Waals surface area contributed by atoms with E-state index in [0.29, 0.717) is 12.1 Å². The van der Waals surface area contributed by atoms with Crippen molar-refractivity contribution in [2.75, 3.05) is 31.1 Å². The van der Waals surface area contributed by atoms with Crippen molar-refractivity contribution < 1.29 is 31.6 Å². The average Bonchev–Trinajstić information content (AvgIpc) is 2.65. The van der Waals surface area contributed by atoms with Crippen LogP contribution in [0.5, 0.6) is 0 Å². The predicted octanol–water partition coefficient (Wildman–Crippen LogP) is 2.97. The molecule has 1 atom stereocenters. The number of benzene rings is 1. The first-order chi connectivity index (χ1) is 14.4. The van der Waals surface area contributed by atoms with Crippen molar-refractivity contribution in [1.29, 1.82) is 0 Å². The molecule has 3 amide bonds. The van der Waals surface area contributed by atoms with Crippen LogP contribution in [-0.4, -0.2) is 52.2 Å². The Bertz CT molecular complexity index is 878. The monoisotopic (exact) mass is 477 g/mol. The highest BCUT2D eigenvalue weighted by molar-refractivity contribution is 7.90. The van der Waals surface area contributed by atoms with Gasteiger partial charge in [0.15, 0.2) is 9.84 Å². The van der Waals surface area contributed by atoms with E-state index in [9.17, 15) is 22.6 Å². The van der Waals surface area contributed by atoms with Crippen LogP contribution < -0.4 is 16.0 Å². The highest BCUT2D eigenvalue weighted by Crippen LogP contribution is 2.46. The van der Waals surface area contributed by atoms with E-state index in [1.807, 2.05) is 13.8 Å². The summed E-state index contributed by atoms with van der Waals surface area (Å²) in [6.07, 6.45) is 1.13. The van der Waals surface area contributed by atoms with Gasteiger partial charge in [0.25, 0.3) is 0 Å². The van der Waals surface area contributed by atoms with Gasteiger partial charge in [0.1, 0.15) is 12.3 Å². The van der Waals surface area contributed by atoms with Gasteiger partial charge in [-0.1, -0.05) is 13.8 Å². The molecule has 10 nitrogen and oxygen atoms in total. The summed E-state index contributed by atoms with van der Waals surface area (Å²) < 4.78 is 45.9. The van der Waals surface area contributed by atoms with Crippen molar-refractivity contribution in [2.24, 2.45) is 5.92 Å². The number of rotatable bonds is 12. The minimum Gasteiger partial charge on any atom is -0.343 e. The molecule has 1 aromatic rings. The Morgan fingerprint density at radius 3 is 2.06 bits per heavy atom. The second kappa shape index (κ2) is 12.2. The molecule has 12 heteroatoms. The zero-order chi connectivity index (χ0) is 23.7. The van der Waals surface area contributed by atoms with Crippen molar-refractivity contribution in [3.63, 3.8) is 0 Å². The quantitative estimate of drug-likeness (QED) is 0.393. The van der Waals surface area contributed by atoms with Crippen LogP contribution in [0.2, 0.25) is 0 Å². The molecule has 0 radical (unpaired) electrons. The van der Waals surface area contributed by atoms with Crippen LogP contribution in [0.25, 0.3) is 0 Å². The fraction of sp³-hybridized carbons (Fsp3) is 0.579. The van der Waals surface area contributed by atoms with E-state index in [1.54, 1.807) is 13.8 Å². The number of amides is 3. The van der Waals surface area contributed by atoms with E-state index in [2.05, 4.69) is 16.0 Å². The highest BCUT2D eigenvalue weighted by atomic mass is 32.2. The first kappa shape index (κ1) is 27.1. The Morgan fingerprint density at radius 2 is 1.61 bits per heavy atom. The third-order valence-corrected chi connectivity index (χ3v) is 6.94. The molecule has 31 heavy (non-hydrogen) atoms. The number of anilines is 1. The van der Waals surface area contributed by atoms with Gasteiger partial charge >= 0.3 is 13.6 Å². The van der Waals surface area contributed by atoms with Crippen molar-refractivity contribution in [1.82, 2.24) is 10.6 Å². The number of carbonyl (C=O) groups excluding carboxylic acids is 2. The van der Waals surface area contributed by atoms with Gasteiger partial charge in [-0.05, 0) is 50.5 Å². The summed E-state index contributed by atoms with van der Waals surface area (Å²) in [6, 6.07) is 4.14. The fourth-order valence-corrected chi connectivity index (χ4v) is 4.66. The van der Waals surface area contributed by atoms with E-state index in [0.717, 1.165) is 6.26 Å². The van der Waals surface area contributed by atoms with Crippen LogP contribution in [0.3, 0.4) is 0 Å². The third kappa shape index (κ3) is 9.82. The maximum Gasteiger partial charge on any atom is 0.349 e. The second-order valence-electron chi connectivity index (χ2n) is 7.22. The number of nitrogens with one attached hydrogen (secondary N) is 3. The molecule has 0 saturated carbocycles. The number of hydrogen-bond donors (Lipinski definition) is 3. The van der Waals surface area contributed by atoms with Gasteiger partial charge in [0.05, 0.1) is 18.1 Å². The molecular formula is C19H32N3O7PS. The molecule has 0 bridgehead atoms. The minimum atomic E-state index is -3.46. The molecule has 0 aromatic heterocycles. The molecule has 0 heterocycles. The van der Waals surface area contributed by atoms with Crippen LogP contribution in [0.4, 0.5) is 10.5 Å². The molecule has 0 fully saturated rings. The highest BCUT2D eigenvalue weighted by Gasteiger charge is 2.28. The number of hydrogen-bond acceptors (Lipinski definition) is 7. The SMILES string of the molecule is CCOP(=O)(CNC(=O)[C@H](CC(C)C)NC(=O)Nc1ccc(S(C)(=O)=O)cc1)OCC. The van der Waals surface area contributed by atoms with Gasteiger partial charge in [0.2, 0.25) is 5.91 Å². The lowest BCUT2D eigenvalue weighted by atomic mass is 10.0. The maximum absolute atomic E-state index is 12.6. The molecular weight excluding hydrogens is 445 g/mol. The van der Waals surface area contributed by atoms with Gasteiger partial charge in [-0.15, -0.1) is 0 Å². The van der Waals surface area contributed by atoms with E-state index < -0.39 is 35.4 Å². The summed E-state index contributed by atoms with van der Waals surface area (Å²) >= 11 is 0. The van der Waals surface area contributed by atoms with Crippen molar-refractivity contribution in [3.05, 3.63) is 24.3 Å². The molecule has 176 valence electrons. The normalized spacial score (nSPS) is 13.0. The smallest absolute Gasteiger partial charge is 0.343 e. The second-order valence-corrected chi connectivity index (χ2v) is 11.3. The molecule has 0 aliphatic heterocycles. The fourth-order valence-electron chi connectivity index (χ4n) is 2.63. The van der Waals surface area contributed by atoms with Crippen molar-refractivity contribution in [3.8, 4) is 0 Å². The number of carbonyl (C=O) groups is 2. The van der Waals surface area contributed by atoms with Crippen molar-refractivity contribution in [2.45, 2.75) is 45.1 Å². The molecule has 0 aliphatic carbocycles. The minimum absolute atomic E-state index is 0.0932. The van der Waals surface area contributed by atoms with Gasteiger partial charge in [0, 0.05) is 11.9 Å². The Balaban J connectivity index is 2.79. The summed E-state index contributed by atoms with van der Waals surface area (Å²) in [5.41, 5.74) is 0.366. The van der Waals surface area contributed by atoms with E-state index >= 15 is 0 Å². The number of urea groups is 1. The Kier molecular flexibility index (Phi) is 10.7. The largest absolute Gasteiger partial charge is 0.349 e. The Labute approximate surface area is 183 Å². The van der Waals surface area contributed by atoms with Gasteiger partial charge in [-0.2, -0.15) is 0 Å². The van der Waals surface area contributed by atoms with E-state index in [4.69, 9.17) is 9.05 Å². The molecule has 0 aliphatic rings. The first-order valence-electron chi connectivity index (χ1n) is 9.93. The third-order valence-electron chi connectivity index (χ3n) is 3.97. The molecule has 0 spiro atoms. The Morgan fingerprint density at radius 1 is 1.06 bits per heavy atom. The van der Waals surface area contributed by atoms with E-state index in [-0.39, 0.29) is 30.3 Å². The van der Waals surface area contributed by atoms with E-state index in [1.165, 1.54) is 24.3 Å². The van der Waals surface area contributed by atoms with Crippen LogP contribution in [-0.2, 0) is 28.2 Å². The predicted molar refractivity (Wildman–Crippen MR) is 119 cm³/mol. The molecule has 1 rings (SSSR count). The number of sulfone groups is 1. The van der Waals surface area contributed by atoms with Crippen LogP contribution in [0, 0.1) is 5.92 Å². The summed E-state index contributed by atoms with van der Waals surface area (Å²) in [6.45, 7) is 7.47. The van der Waals surface area contributed by atoms with Gasteiger partial charge in [-0.25, -0.2) is 13.2 Å². The zero-order valence-corrected chi connectivity index (χ0v) is 20.2. The molecule has 1 aromatic carbocycles. The lowest BCUT2D eigenvalue weighted by molar-refractivity contribution is -0.123. The standard InChI is InChI=1S/C19H32N3O7PS/c1-6-28-30(25,29-7-2)13-20-18(23)17(12-14(3)4)22-19(24)21-15-8-10-16(11-9-15)31(5,26)27/h8-11,14,17H,6-7,12-13H2,1-5H3,(H,20,23)(H2,21,22,24)/t17-/m0/s1. The Hall–Kier alpha value is -1.94. The first-order valence-corrected chi connectivity index (χ1v) is 13.6. The van der Waals surface area contributed by atoms with Crippen LogP contribution in [0.1, 0.15) is 34.1 Å². The summed E-state index contributed by atoms with van der Waals surface area (Å²) in [5, 5.41) is 7.68. The van der Waals surface area contributed by atoms with Crippen LogP contribution in [0.15, 0.2) is 29.2 Å². The molecule has 0 saturated heterocycles. The maximum atomic E-state index is 12.6. The lowest BCUT2D eigenvalue weighted by Crippen LogP contribution is -2.49. The average molecular weight is 478 g/mol. The summed E-state index contributed by atoms with van der Waals surface area (Å²) in [4.78, 5) is 25.1. The summed E-state index contributed by atoms with van der Waals surface area (Å²) in [7, 11) is -6.81. The zero-order valence-electron chi connectivity index (χ0n) is 18.5.